The summed E-state index contributed by atoms with van der Waals surface area (Å²) in [6.07, 6.45) is -2.29. The summed E-state index contributed by atoms with van der Waals surface area (Å²) in [5.41, 5.74) is -1.42. The number of hydrogen-bond acceptors (Lipinski definition) is 3. The van der Waals surface area contributed by atoms with Crippen LogP contribution in [-0.2, 0) is 11.0 Å². The number of rotatable bonds is 4. The maximum absolute atomic E-state index is 14.8. The van der Waals surface area contributed by atoms with E-state index in [0.29, 0.717) is 6.07 Å². The molecule has 1 aromatic heterocycles. The van der Waals surface area contributed by atoms with Crippen molar-refractivity contribution in [2.24, 2.45) is 5.92 Å². The van der Waals surface area contributed by atoms with Gasteiger partial charge in [-0.25, -0.2) is 13.6 Å². The number of piperazine rings is 1. The molecule has 3 amide bonds. The molecular weight excluding hydrogens is 471 g/mol. The lowest BCUT2D eigenvalue weighted by molar-refractivity contribution is -0.141. The van der Waals surface area contributed by atoms with Crippen molar-refractivity contribution in [2.45, 2.75) is 31.1 Å². The van der Waals surface area contributed by atoms with Crippen LogP contribution < -0.4 is 10.6 Å². The molecule has 2 aliphatic rings. The molecule has 1 aliphatic heterocycles. The van der Waals surface area contributed by atoms with E-state index in [0.717, 1.165) is 37.2 Å². The molecule has 1 saturated carbocycles. The fourth-order valence-electron chi connectivity index (χ4n) is 3.85. The molecule has 0 radical (unpaired) electrons. The van der Waals surface area contributed by atoms with E-state index >= 15 is 0 Å². The molecule has 33 heavy (non-hydrogen) atoms. The quantitative estimate of drug-likeness (QED) is 0.504. The number of aromatic nitrogens is 1. The number of alkyl halides is 3. The van der Waals surface area contributed by atoms with Gasteiger partial charge in [-0.15, -0.1) is 0 Å². The Bertz CT molecular complexity index is 1080. The van der Waals surface area contributed by atoms with E-state index in [1.54, 1.807) is 0 Å². The molecule has 12 heteroatoms. The van der Waals surface area contributed by atoms with Crippen LogP contribution in [0, 0.1) is 17.6 Å². The van der Waals surface area contributed by atoms with Crippen molar-refractivity contribution in [1.29, 1.82) is 0 Å². The highest BCUT2D eigenvalue weighted by molar-refractivity contribution is 6.31. The topological polar surface area (TPSA) is 74.3 Å². The first-order chi connectivity index (χ1) is 15.6. The summed E-state index contributed by atoms with van der Waals surface area (Å²) in [5, 5.41) is 4.45. The van der Waals surface area contributed by atoms with Gasteiger partial charge in [0.1, 0.15) is 28.4 Å². The highest BCUT2D eigenvalue weighted by Crippen LogP contribution is 2.37. The van der Waals surface area contributed by atoms with Crippen LogP contribution in [0.2, 0.25) is 5.02 Å². The number of nitrogens with one attached hydrogen (secondary N) is 2. The molecule has 1 aliphatic carbocycles. The summed E-state index contributed by atoms with van der Waals surface area (Å²) in [4.78, 5) is 30.1. The minimum absolute atomic E-state index is 0.000706. The van der Waals surface area contributed by atoms with E-state index in [2.05, 4.69) is 15.6 Å². The summed E-state index contributed by atoms with van der Waals surface area (Å²) >= 11 is 5.69. The van der Waals surface area contributed by atoms with Gasteiger partial charge in [-0.05, 0) is 36.5 Å². The standard InChI is InChI=1S/C21H18ClF5N4O2/c22-15-13(23)5-4-12(16(15)24)17(11-3-6-14(29-9-11)21(25,26)27)30-20(33)31-8-7-28-19(32)18(31)10-1-2-10/h3-6,9-10,17-18H,1-2,7-8H2,(H,28,32)(H,30,33)/t17-,18-/m0/s1. The van der Waals surface area contributed by atoms with Crippen molar-refractivity contribution >= 4 is 23.5 Å². The van der Waals surface area contributed by atoms with Crippen molar-refractivity contribution in [3.63, 3.8) is 0 Å². The zero-order valence-electron chi connectivity index (χ0n) is 16.9. The number of urea groups is 1. The van der Waals surface area contributed by atoms with Crippen LogP contribution in [0.3, 0.4) is 0 Å². The molecule has 2 aromatic rings. The Balaban J connectivity index is 1.69. The predicted octanol–water partition coefficient (Wildman–Crippen LogP) is 4.04. The van der Waals surface area contributed by atoms with E-state index in [9.17, 15) is 31.5 Å². The molecule has 2 fully saturated rings. The number of pyridine rings is 1. The Labute approximate surface area is 190 Å². The van der Waals surface area contributed by atoms with Gasteiger partial charge in [0.15, 0.2) is 0 Å². The van der Waals surface area contributed by atoms with Crippen LogP contribution in [0.1, 0.15) is 35.7 Å². The van der Waals surface area contributed by atoms with Crippen molar-refractivity contribution in [3.05, 3.63) is 63.9 Å². The van der Waals surface area contributed by atoms with Crippen LogP contribution in [0.15, 0.2) is 30.5 Å². The number of carbonyl (C=O) groups excluding carboxylic acids is 2. The molecular formula is C21H18ClF5N4O2. The van der Waals surface area contributed by atoms with E-state index in [1.165, 1.54) is 4.90 Å². The summed E-state index contributed by atoms with van der Waals surface area (Å²) in [5.74, 6) is -2.51. The maximum atomic E-state index is 14.8. The minimum Gasteiger partial charge on any atom is -0.353 e. The second kappa shape index (κ2) is 8.77. The van der Waals surface area contributed by atoms with E-state index in [-0.39, 0.29) is 36.0 Å². The van der Waals surface area contributed by atoms with Crippen molar-refractivity contribution in [3.8, 4) is 0 Å². The monoisotopic (exact) mass is 488 g/mol. The van der Waals surface area contributed by atoms with Crippen LogP contribution in [0.4, 0.5) is 26.7 Å². The lowest BCUT2D eigenvalue weighted by atomic mass is 9.99. The molecule has 0 spiro atoms. The van der Waals surface area contributed by atoms with Gasteiger partial charge >= 0.3 is 12.2 Å². The Morgan fingerprint density at radius 2 is 1.94 bits per heavy atom. The zero-order chi connectivity index (χ0) is 23.9. The van der Waals surface area contributed by atoms with Gasteiger partial charge in [-0.3, -0.25) is 9.78 Å². The van der Waals surface area contributed by atoms with Crippen LogP contribution in [0.5, 0.6) is 0 Å². The Kier molecular flexibility index (Phi) is 6.17. The molecule has 2 atom stereocenters. The van der Waals surface area contributed by atoms with Gasteiger partial charge in [0.05, 0.1) is 6.04 Å². The number of amides is 3. The predicted molar refractivity (Wildman–Crippen MR) is 107 cm³/mol. The van der Waals surface area contributed by atoms with Gasteiger partial charge in [0.25, 0.3) is 0 Å². The minimum atomic E-state index is -4.69. The molecule has 4 rings (SSSR count). The second-order valence-corrected chi connectivity index (χ2v) is 8.27. The lowest BCUT2D eigenvalue weighted by Gasteiger charge is -2.36. The van der Waals surface area contributed by atoms with Gasteiger partial charge in [0, 0.05) is 24.8 Å². The third-order valence-electron chi connectivity index (χ3n) is 5.64. The van der Waals surface area contributed by atoms with E-state index in [4.69, 9.17) is 11.6 Å². The van der Waals surface area contributed by atoms with Crippen molar-refractivity contribution < 1.29 is 31.5 Å². The molecule has 6 nitrogen and oxygen atoms in total. The first-order valence-electron chi connectivity index (χ1n) is 10.1. The SMILES string of the molecule is O=C1NCCN(C(=O)N[C@@H](c2ccc(C(F)(F)F)nc2)c2ccc(F)c(Cl)c2F)[C@H]1C1CC1. The number of hydrogen-bond donors (Lipinski definition) is 2. The largest absolute Gasteiger partial charge is 0.433 e. The molecule has 176 valence electrons. The maximum Gasteiger partial charge on any atom is 0.433 e. The molecule has 1 aromatic carbocycles. The fourth-order valence-corrected chi connectivity index (χ4v) is 4.02. The molecule has 2 N–H and O–H groups in total. The Morgan fingerprint density at radius 1 is 1.21 bits per heavy atom. The number of halogens is 6. The van der Waals surface area contributed by atoms with Crippen LogP contribution in [0.25, 0.3) is 0 Å². The number of benzene rings is 1. The van der Waals surface area contributed by atoms with Gasteiger partial charge < -0.3 is 15.5 Å². The molecule has 1 saturated heterocycles. The van der Waals surface area contributed by atoms with Gasteiger partial charge in [-0.1, -0.05) is 23.7 Å². The van der Waals surface area contributed by atoms with E-state index in [1.807, 2.05) is 0 Å². The highest BCUT2D eigenvalue weighted by Gasteiger charge is 2.44. The van der Waals surface area contributed by atoms with Crippen molar-refractivity contribution in [2.75, 3.05) is 13.1 Å². The summed E-state index contributed by atoms with van der Waals surface area (Å²) in [6.45, 7) is 0.419. The number of nitrogens with zero attached hydrogens (tertiary/aromatic N) is 2. The van der Waals surface area contributed by atoms with Gasteiger partial charge in [0.2, 0.25) is 5.91 Å². The smallest absolute Gasteiger partial charge is 0.353 e. The normalized spacial score (nSPS) is 19.8. The lowest BCUT2D eigenvalue weighted by Crippen LogP contribution is -2.60. The Hall–Kier alpha value is -2.95. The van der Waals surface area contributed by atoms with Gasteiger partial charge in [-0.2, -0.15) is 13.2 Å². The molecule has 0 bridgehead atoms. The zero-order valence-corrected chi connectivity index (χ0v) is 17.7. The first-order valence-corrected chi connectivity index (χ1v) is 10.5. The highest BCUT2D eigenvalue weighted by atomic mass is 35.5. The average molecular weight is 489 g/mol. The molecule has 0 unspecified atom stereocenters. The summed E-state index contributed by atoms with van der Waals surface area (Å²) in [6, 6.07) is 0.908. The summed E-state index contributed by atoms with van der Waals surface area (Å²) < 4.78 is 67.3. The second-order valence-electron chi connectivity index (χ2n) is 7.89. The first kappa shape index (κ1) is 23.2. The molecule has 2 heterocycles. The fraction of sp³-hybridized carbons (Fsp3) is 0.381. The third-order valence-corrected chi connectivity index (χ3v) is 5.99. The third kappa shape index (κ3) is 4.73. The number of carbonyl (C=O) groups is 2. The van der Waals surface area contributed by atoms with E-state index < -0.39 is 46.6 Å². The summed E-state index contributed by atoms with van der Waals surface area (Å²) in [7, 11) is 0. The Morgan fingerprint density at radius 3 is 2.55 bits per heavy atom. The average Bonchev–Trinajstić information content (AvgIpc) is 3.61. The van der Waals surface area contributed by atoms with Crippen LogP contribution in [-0.4, -0.2) is 41.0 Å². The van der Waals surface area contributed by atoms with Crippen molar-refractivity contribution in [1.82, 2.24) is 20.5 Å². The van der Waals surface area contributed by atoms with Crippen LogP contribution >= 0.6 is 11.6 Å².